The van der Waals surface area contributed by atoms with Crippen molar-refractivity contribution in [1.29, 1.82) is 0 Å². The molecule has 19 heavy (non-hydrogen) atoms. The Morgan fingerprint density at radius 1 is 1.11 bits per heavy atom. The van der Waals surface area contributed by atoms with Gasteiger partial charge < -0.3 is 10.2 Å². The minimum Gasteiger partial charge on any atom is -0.339 e. The fourth-order valence-electron chi connectivity index (χ4n) is 3.14. The summed E-state index contributed by atoms with van der Waals surface area (Å²) in [5, 5.41) is 3.45. The van der Waals surface area contributed by atoms with Crippen molar-refractivity contribution in [3.63, 3.8) is 0 Å². The highest BCUT2D eigenvalue weighted by Gasteiger charge is 2.23. The van der Waals surface area contributed by atoms with Gasteiger partial charge in [0.2, 0.25) is 5.91 Å². The summed E-state index contributed by atoms with van der Waals surface area (Å²) in [7, 11) is 0. The van der Waals surface area contributed by atoms with Crippen LogP contribution in [-0.4, -0.2) is 60.5 Å². The predicted octanol–water partition coefficient (Wildman–Crippen LogP) is 1.46. The first-order chi connectivity index (χ1) is 9.16. The molecule has 1 saturated heterocycles. The van der Waals surface area contributed by atoms with E-state index in [9.17, 15) is 4.79 Å². The summed E-state index contributed by atoms with van der Waals surface area (Å²) in [5.41, 5.74) is 0. The van der Waals surface area contributed by atoms with Crippen LogP contribution in [0, 0.1) is 0 Å². The van der Waals surface area contributed by atoms with Crippen molar-refractivity contribution < 1.29 is 4.79 Å². The number of hydrogen-bond donors (Lipinski definition) is 1. The maximum absolute atomic E-state index is 12.2. The SMILES string of the molecule is CC(C)N1CCN(C(=O)CNC2CCCCC2)CC1. The molecule has 0 aromatic carbocycles. The molecule has 2 aliphatic rings. The van der Waals surface area contributed by atoms with Crippen LogP contribution in [0.15, 0.2) is 0 Å². The first-order valence-corrected chi connectivity index (χ1v) is 7.92. The van der Waals surface area contributed by atoms with Crippen LogP contribution in [0.25, 0.3) is 0 Å². The number of amides is 1. The van der Waals surface area contributed by atoms with Crippen LogP contribution in [0.5, 0.6) is 0 Å². The molecule has 2 fully saturated rings. The Hall–Kier alpha value is -0.610. The number of rotatable bonds is 4. The molecule has 4 nitrogen and oxygen atoms in total. The van der Waals surface area contributed by atoms with Gasteiger partial charge in [-0.1, -0.05) is 19.3 Å². The molecule has 0 unspecified atom stereocenters. The number of nitrogens with zero attached hydrogens (tertiary/aromatic N) is 2. The molecule has 0 radical (unpaired) electrons. The first-order valence-electron chi connectivity index (χ1n) is 7.92. The van der Waals surface area contributed by atoms with E-state index in [1.54, 1.807) is 0 Å². The maximum Gasteiger partial charge on any atom is 0.236 e. The van der Waals surface area contributed by atoms with Crippen LogP contribution in [0.2, 0.25) is 0 Å². The van der Waals surface area contributed by atoms with Crippen LogP contribution in [-0.2, 0) is 4.79 Å². The number of hydrogen-bond acceptors (Lipinski definition) is 3. The van der Waals surface area contributed by atoms with E-state index in [0.29, 0.717) is 18.6 Å². The van der Waals surface area contributed by atoms with Crippen LogP contribution >= 0.6 is 0 Å². The molecule has 1 saturated carbocycles. The van der Waals surface area contributed by atoms with Crippen LogP contribution < -0.4 is 5.32 Å². The topological polar surface area (TPSA) is 35.6 Å². The number of piperazine rings is 1. The third kappa shape index (κ3) is 4.46. The number of carbonyl (C=O) groups is 1. The minimum absolute atomic E-state index is 0.286. The van der Waals surface area contributed by atoms with Gasteiger partial charge in [0.1, 0.15) is 0 Å². The van der Waals surface area contributed by atoms with Gasteiger partial charge in [-0.25, -0.2) is 0 Å². The zero-order chi connectivity index (χ0) is 13.7. The van der Waals surface area contributed by atoms with Gasteiger partial charge in [-0.15, -0.1) is 0 Å². The van der Waals surface area contributed by atoms with Crippen LogP contribution in [0.1, 0.15) is 46.0 Å². The van der Waals surface area contributed by atoms with Crippen molar-refractivity contribution >= 4 is 5.91 Å². The second-order valence-corrected chi connectivity index (χ2v) is 6.23. The second-order valence-electron chi connectivity index (χ2n) is 6.23. The van der Waals surface area contributed by atoms with Crippen molar-refractivity contribution in [3.8, 4) is 0 Å². The molecule has 0 aromatic rings. The van der Waals surface area contributed by atoms with E-state index < -0.39 is 0 Å². The van der Waals surface area contributed by atoms with Gasteiger partial charge in [0.25, 0.3) is 0 Å². The standard InChI is InChI=1S/C15H29N3O/c1-13(2)17-8-10-18(11-9-17)15(19)12-16-14-6-4-3-5-7-14/h13-14,16H,3-12H2,1-2H3. The number of carbonyl (C=O) groups excluding carboxylic acids is 1. The van der Waals surface area contributed by atoms with E-state index in [1.165, 1.54) is 32.1 Å². The van der Waals surface area contributed by atoms with Crippen molar-refractivity contribution in [2.45, 2.75) is 58.0 Å². The van der Waals surface area contributed by atoms with Crippen molar-refractivity contribution in [3.05, 3.63) is 0 Å². The van der Waals surface area contributed by atoms with E-state index in [-0.39, 0.29) is 5.91 Å². The van der Waals surface area contributed by atoms with Gasteiger partial charge in [-0.3, -0.25) is 9.69 Å². The minimum atomic E-state index is 0.286. The summed E-state index contributed by atoms with van der Waals surface area (Å²) in [5.74, 6) is 0.286. The van der Waals surface area contributed by atoms with Gasteiger partial charge in [0.05, 0.1) is 6.54 Å². The van der Waals surface area contributed by atoms with Gasteiger partial charge in [0.15, 0.2) is 0 Å². The Morgan fingerprint density at radius 3 is 2.32 bits per heavy atom. The Bertz CT molecular complexity index is 279. The number of nitrogens with one attached hydrogen (secondary N) is 1. The first kappa shape index (κ1) is 14.8. The van der Waals surface area contributed by atoms with Gasteiger partial charge in [-0.05, 0) is 26.7 Å². The fourth-order valence-corrected chi connectivity index (χ4v) is 3.14. The summed E-state index contributed by atoms with van der Waals surface area (Å²) in [6.45, 7) is 8.81. The molecular formula is C15H29N3O. The van der Waals surface area contributed by atoms with Gasteiger partial charge in [0, 0.05) is 38.3 Å². The van der Waals surface area contributed by atoms with Crippen molar-refractivity contribution in [2.24, 2.45) is 0 Å². The van der Waals surface area contributed by atoms with E-state index >= 15 is 0 Å². The van der Waals surface area contributed by atoms with E-state index in [0.717, 1.165) is 26.2 Å². The monoisotopic (exact) mass is 267 g/mol. The molecule has 0 bridgehead atoms. The lowest BCUT2D eigenvalue weighted by Crippen LogP contribution is -2.53. The van der Waals surface area contributed by atoms with Gasteiger partial charge in [-0.2, -0.15) is 0 Å². The lowest BCUT2D eigenvalue weighted by Gasteiger charge is -2.37. The fraction of sp³-hybridized carbons (Fsp3) is 0.933. The van der Waals surface area contributed by atoms with E-state index in [4.69, 9.17) is 0 Å². The summed E-state index contributed by atoms with van der Waals surface area (Å²) < 4.78 is 0. The predicted molar refractivity (Wildman–Crippen MR) is 78.2 cm³/mol. The van der Waals surface area contributed by atoms with E-state index in [2.05, 4.69) is 24.1 Å². The molecular weight excluding hydrogens is 238 g/mol. The maximum atomic E-state index is 12.2. The van der Waals surface area contributed by atoms with Crippen molar-refractivity contribution in [2.75, 3.05) is 32.7 Å². The third-order valence-electron chi connectivity index (χ3n) is 4.54. The Balaban J connectivity index is 1.66. The summed E-state index contributed by atoms with van der Waals surface area (Å²) >= 11 is 0. The highest BCUT2D eigenvalue weighted by Crippen LogP contribution is 2.17. The largest absolute Gasteiger partial charge is 0.339 e. The molecule has 0 aromatic heterocycles. The normalized spacial score (nSPS) is 23.0. The lowest BCUT2D eigenvalue weighted by atomic mass is 9.95. The summed E-state index contributed by atoms with van der Waals surface area (Å²) in [6.07, 6.45) is 6.49. The molecule has 0 atom stereocenters. The quantitative estimate of drug-likeness (QED) is 0.837. The molecule has 2 rings (SSSR count). The second kappa shape index (κ2) is 7.25. The zero-order valence-corrected chi connectivity index (χ0v) is 12.5. The molecule has 1 amide bonds. The molecule has 1 aliphatic carbocycles. The molecule has 4 heteroatoms. The molecule has 1 heterocycles. The summed E-state index contributed by atoms with van der Waals surface area (Å²) in [6, 6.07) is 1.17. The average Bonchev–Trinajstić information content (AvgIpc) is 2.46. The highest BCUT2D eigenvalue weighted by molar-refractivity contribution is 5.78. The highest BCUT2D eigenvalue weighted by atomic mass is 16.2. The zero-order valence-electron chi connectivity index (χ0n) is 12.5. The third-order valence-corrected chi connectivity index (χ3v) is 4.54. The Morgan fingerprint density at radius 2 is 1.74 bits per heavy atom. The van der Waals surface area contributed by atoms with Crippen LogP contribution in [0.4, 0.5) is 0 Å². The molecule has 1 N–H and O–H groups in total. The Kier molecular flexibility index (Phi) is 5.64. The van der Waals surface area contributed by atoms with Crippen molar-refractivity contribution in [1.82, 2.24) is 15.1 Å². The average molecular weight is 267 g/mol. The lowest BCUT2D eigenvalue weighted by molar-refractivity contribution is -0.132. The van der Waals surface area contributed by atoms with Gasteiger partial charge >= 0.3 is 0 Å². The molecule has 110 valence electrons. The van der Waals surface area contributed by atoms with E-state index in [1.807, 2.05) is 4.90 Å². The molecule has 1 aliphatic heterocycles. The summed E-state index contributed by atoms with van der Waals surface area (Å²) in [4.78, 5) is 16.6. The molecule has 0 spiro atoms. The Labute approximate surface area is 117 Å². The van der Waals surface area contributed by atoms with Crippen LogP contribution in [0.3, 0.4) is 0 Å². The smallest absolute Gasteiger partial charge is 0.236 e.